The van der Waals surface area contributed by atoms with Crippen molar-refractivity contribution in [1.82, 2.24) is 14.9 Å². The first-order valence-corrected chi connectivity index (χ1v) is 18.2. The normalized spacial score (nSPS) is 12.3. The molecule has 0 radical (unpaired) electrons. The van der Waals surface area contributed by atoms with Crippen LogP contribution in [0.4, 0.5) is 22.7 Å². The van der Waals surface area contributed by atoms with E-state index in [1.54, 1.807) is 12.1 Å². The molecule has 54 heavy (non-hydrogen) atoms. The van der Waals surface area contributed by atoms with Gasteiger partial charge in [0.15, 0.2) is 10.9 Å². The zero-order valence-electron chi connectivity index (χ0n) is 31.8. The van der Waals surface area contributed by atoms with E-state index in [-0.39, 0.29) is 54.9 Å². The lowest BCUT2D eigenvalue weighted by molar-refractivity contribution is -0.383. The minimum atomic E-state index is -0.478. The molecule has 13 nitrogen and oxygen atoms in total. The average molecular weight is 734 g/mol. The number of hydrogen-bond donors (Lipinski definition) is 4. The predicted octanol–water partition coefficient (Wildman–Crippen LogP) is 8.32. The van der Waals surface area contributed by atoms with E-state index in [1.165, 1.54) is 12.1 Å². The van der Waals surface area contributed by atoms with E-state index in [9.17, 15) is 29.8 Å². The fourth-order valence-corrected chi connectivity index (χ4v) is 6.92. The highest BCUT2D eigenvalue weighted by Gasteiger charge is 2.23. The second-order valence-corrected chi connectivity index (χ2v) is 16.1. The van der Waals surface area contributed by atoms with Crippen LogP contribution in [0.15, 0.2) is 70.3 Å². The second kappa shape index (κ2) is 14.5. The van der Waals surface area contributed by atoms with Crippen molar-refractivity contribution in [1.29, 1.82) is 0 Å². The third-order valence-electron chi connectivity index (χ3n) is 10.1. The summed E-state index contributed by atoms with van der Waals surface area (Å²) in [4.78, 5) is 59.0. The van der Waals surface area contributed by atoms with Gasteiger partial charge in [0.05, 0.1) is 20.6 Å². The Hall–Kier alpha value is -5.82. The fraction of sp³-hybridized carbons (Fsp3) is 0.366. The van der Waals surface area contributed by atoms with E-state index in [1.807, 2.05) is 43.4 Å². The Bertz CT molecular complexity index is 2380. The Morgan fingerprint density at radius 2 is 1.02 bits per heavy atom. The molecule has 0 unspecified atom stereocenters. The van der Waals surface area contributed by atoms with E-state index in [4.69, 9.17) is 0 Å². The van der Waals surface area contributed by atoms with Crippen molar-refractivity contribution in [2.75, 3.05) is 43.9 Å². The van der Waals surface area contributed by atoms with Gasteiger partial charge in [-0.2, -0.15) is 0 Å². The van der Waals surface area contributed by atoms with Gasteiger partial charge in [-0.05, 0) is 91.3 Å². The molecule has 0 saturated heterocycles. The molecule has 0 aliphatic heterocycles. The number of H-pyrrole nitrogens is 2. The lowest BCUT2D eigenvalue weighted by Gasteiger charge is -2.20. The van der Waals surface area contributed by atoms with Crippen LogP contribution in [-0.4, -0.2) is 57.9 Å². The van der Waals surface area contributed by atoms with Gasteiger partial charge in [0.2, 0.25) is 0 Å². The van der Waals surface area contributed by atoms with Crippen LogP contribution < -0.4 is 21.5 Å². The lowest BCUT2D eigenvalue weighted by Crippen LogP contribution is -2.24. The number of aromatic nitrogens is 2. The number of aromatic amines is 2. The van der Waals surface area contributed by atoms with Crippen LogP contribution in [0.3, 0.4) is 0 Å². The summed E-state index contributed by atoms with van der Waals surface area (Å²) in [7, 11) is 2.01. The number of nitrogens with one attached hydrogen (secondary N) is 4. The van der Waals surface area contributed by atoms with Crippen LogP contribution >= 0.6 is 0 Å². The summed E-state index contributed by atoms with van der Waals surface area (Å²) in [5.74, 6) is 0. The van der Waals surface area contributed by atoms with Gasteiger partial charge >= 0.3 is 0 Å². The molecule has 4 N–H and O–H groups in total. The molecule has 6 rings (SSSR count). The highest BCUT2D eigenvalue weighted by atomic mass is 16.6. The highest BCUT2D eigenvalue weighted by Crippen LogP contribution is 2.33. The fourth-order valence-electron chi connectivity index (χ4n) is 6.92. The molecule has 2 heterocycles. The molecule has 4 aromatic carbocycles. The van der Waals surface area contributed by atoms with Crippen LogP contribution in [0.25, 0.3) is 43.6 Å². The average Bonchev–Trinajstić information content (AvgIpc) is 3.10. The van der Waals surface area contributed by atoms with Crippen molar-refractivity contribution in [3.63, 3.8) is 0 Å². The van der Waals surface area contributed by atoms with E-state index >= 15 is 0 Å². The standard InChI is InChI=1S/C41H47N7O6/c1-40(2,3)24-10-12-28-26(22-24)38(49)34-30(14-16-32(47(51)52)36(34)44-28)42-18-8-20-46(7)21-9-19-43-31-15-17-33(48(53)54)37-35(31)39(50)27-23-25(41(4,5)6)11-13-29(27)45-37/h10-17,22-23,42-43H,8-9,18-21H2,1-7H3,(H,44,49)(H,45,50). The van der Waals surface area contributed by atoms with Gasteiger partial charge in [-0.15, -0.1) is 0 Å². The molecule has 0 aliphatic carbocycles. The van der Waals surface area contributed by atoms with Gasteiger partial charge in [0, 0.05) is 58.4 Å². The van der Waals surface area contributed by atoms with Gasteiger partial charge in [0.25, 0.3) is 11.4 Å². The summed E-state index contributed by atoms with van der Waals surface area (Å²) < 4.78 is 0. The zero-order chi connectivity index (χ0) is 39.1. The van der Waals surface area contributed by atoms with Crippen LogP contribution in [-0.2, 0) is 10.8 Å². The van der Waals surface area contributed by atoms with Crippen LogP contribution in [0.2, 0.25) is 0 Å². The van der Waals surface area contributed by atoms with E-state index < -0.39 is 9.85 Å². The Balaban J connectivity index is 1.12. The topological polar surface area (TPSA) is 179 Å². The zero-order valence-corrected chi connectivity index (χ0v) is 31.8. The first-order valence-electron chi connectivity index (χ1n) is 18.2. The minimum absolute atomic E-state index is 0.155. The van der Waals surface area contributed by atoms with Gasteiger partial charge in [-0.1, -0.05) is 53.7 Å². The number of rotatable bonds is 12. The number of nitrogens with zero attached hydrogens (tertiary/aromatic N) is 3. The SMILES string of the molecule is CN(CCCNc1ccc([N+](=O)[O-])c2[nH]c3ccc(C(C)(C)C)cc3c(=O)c12)CCCNc1ccc([N+](=O)[O-])c2[nH]c3ccc(C(C)(C)C)cc3c(=O)c12. The van der Waals surface area contributed by atoms with Gasteiger partial charge in [-0.25, -0.2) is 0 Å². The van der Waals surface area contributed by atoms with E-state index in [0.717, 1.165) is 37.1 Å². The molecule has 0 aliphatic rings. The van der Waals surface area contributed by atoms with Crippen molar-refractivity contribution < 1.29 is 9.85 Å². The molecular formula is C41H47N7O6. The first kappa shape index (κ1) is 37.9. The smallest absolute Gasteiger partial charge is 0.293 e. The number of hydrogen-bond acceptors (Lipinski definition) is 9. The van der Waals surface area contributed by atoms with Crippen molar-refractivity contribution in [3.8, 4) is 0 Å². The summed E-state index contributed by atoms with van der Waals surface area (Å²) in [5.41, 5.74) is 3.39. The van der Waals surface area contributed by atoms with Crippen LogP contribution in [0.1, 0.15) is 65.5 Å². The largest absolute Gasteiger partial charge is 0.384 e. The Kier molecular flexibility index (Phi) is 10.2. The molecule has 282 valence electrons. The number of anilines is 2. The van der Waals surface area contributed by atoms with Crippen molar-refractivity contribution in [3.05, 3.63) is 112 Å². The van der Waals surface area contributed by atoms with Crippen LogP contribution in [0, 0.1) is 20.2 Å². The maximum atomic E-state index is 13.9. The number of nitro groups is 2. The van der Waals surface area contributed by atoms with Crippen molar-refractivity contribution in [2.24, 2.45) is 0 Å². The van der Waals surface area contributed by atoms with Gasteiger partial charge in [0.1, 0.15) is 11.0 Å². The molecule has 0 bridgehead atoms. The summed E-state index contributed by atoms with van der Waals surface area (Å²) in [6.07, 6.45) is 1.49. The molecule has 0 amide bonds. The summed E-state index contributed by atoms with van der Waals surface area (Å²) in [6.45, 7) is 15.0. The molecular weight excluding hydrogens is 686 g/mol. The second-order valence-electron chi connectivity index (χ2n) is 16.1. The van der Waals surface area contributed by atoms with E-state index in [2.05, 4.69) is 67.0 Å². The van der Waals surface area contributed by atoms with Crippen molar-refractivity contribution >= 4 is 66.4 Å². The number of benzene rings is 4. The monoisotopic (exact) mass is 733 g/mol. The Morgan fingerprint density at radius 3 is 1.37 bits per heavy atom. The lowest BCUT2D eigenvalue weighted by atomic mass is 9.86. The third-order valence-corrected chi connectivity index (χ3v) is 10.1. The molecule has 0 saturated carbocycles. The molecule has 0 atom stereocenters. The van der Waals surface area contributed by atoms with Gasteiger partial charge in [-0.3, -0.25) is 29.8 Å². The highest BCUT2D eigenvalue weighted by molar-refractivity contribution is 6.04. The number of pyridine rings is 2. The van der Waals surface area contributed by atoms with Gasteiger partial charge < -0.3 is 25.5 Å². The summed E-state index contributed by atoms with van der Waals surface area (Å²) in [5, 5.41) is 32.0. The van der Waals surface area contributed by atoms with Crippen LogP contribution in [0.5, 0.6) is 0 Å². The quantitative estimate of drug-likeness (QED) is 0.0416. The first-order chi connectivity index (χ1) is 25.5. The number of non-ortho nitro benzene ring substituents is 2. The molecule has 0 fully saturated rings. The summed E-state index contributed by atoms with van der Waals surface area (Å²) >= 11 is 0. The molecule has 13 heteroatoms. The Labute approximate surface area is 312 Å². The molecule has 0 spiro atoms. The van der Waals surface area contributed by atoms with Crippen molar-refractivity contribution in [2.45, 2.75) is 65.2 Å². The number of fused-ring (bicyclic) bond motifs is 4. The maximum absolute atomic E-state index is 13.9. The summed E-state index contributed by atoms with van der Waals surface area (Å²) in [6, 6.07) is 17.3. The third kappa shape index (κ3) is 7.49. The Morgan fingerprint density at radius 1 is 0.630 bits per heavy atom. The predicted molar refractivity (Wildman–Crippen MR) is 219 cm³/mol. The number of nitro benzene ring substituents is 2. The molecule has 6 aromatic rings. The molecule has 2 aromatic heterocycles. The van der Waals surface area contributed by atoms with E-state index in [0.29, 0.717) is 46.3 Å². The minimum Gasteiger partial charge on any atom is -0.384 e. The maximum Gasteiger partial charge on any atom is 0.293 e.